The van der Waals surface area contributed by atoms with Gasteiger partial charge in [-0.25, -0.2) is 4.63 Å². The Labute approximate surface area is 144 Å². The van der Waals surface area contributed by atoms with Gasteiger partial charge in [0.05, 0.1) is 6.07 Å². The van der Waals surface area contributed by atoms with Gasteiger partial charge in [-0.2, -0.15) is 5.26 Å². The van der Waals surface area contributed by atoms with E-state index in [0.29, 0.717) is 22.2 Å². The van der Waals surface area contributed by atoms with E-state index in [2.05, 4.69) is 14.9 Å². The second-order valence-electron chi connectivity index (χ2n) is 4.27. The third kappa shape index (κ3) is 2.88. The maximum absolute atomic E-state index is 12.4. The van der Waals surface area contributed by atoms with Crippen molar-refractivity contribution < 1.29 is 40.4 Å². The van der Waals surface area contributed by atoms with Gasteiger partial charge in [0, 0.05) is 11.1 Å². The molecule has 21 heavy (non-hydrogen) atoms. The van der Waals surface area contributed by atoms with Gasteiger partial charge < -0.3 is 1.43 Å². The molecular formula is C15H10N3NaO2. The van der Waals surface area contributed by atoms with Crippen molar-refractivity contribution in [2.24, 2.45) is 0 Å². The van der Waals surface area contributed by atoms with Gasteiger partial charge >= 0.3 is 29.6 Å². The first kappa shape index (κ1) is 15.4. The third-order valence-corrected chi connectivity index (χ3v) is 3.08. The number of nitriles is 1. The van der Waals surface area contributed by atoms with Crippen LogP contribution < -0.4 is 29.6 Å². The minimum Gasteiger partial charge on any atom is -1.00 e. The summed E-state index contributed by atoms with van der Waals surface area (Å²) < 4.78 is 4.66. The molecule has 0 saturated carbocycles. The zero-order valence-corrected chi connectivity index (χ0v) is 13.4. The fourth-order valence-corrected chi connectivity index (χ4v) is 2.10. The number of fused-ring (bicyclic) bond motifs is 1. The Kier molecular flexibility index (Phi) is 4.86. The maximum Gasteiger partial charge on any atom is 1.00 e. The molecule has 0 N–H and O–H groups in total. The van der Waals surface area contributed by atoms with Crippen molar-refractivity contribution in [3.05, 3.63) is 59.7 Å². The zero-order valence-electron chi connectivity index (χ0n) is 12.4. The molecule has 0 aliphatic carbocycles. The first-order valence-electron chi connectivity index (χ1n) is 6.01. The number of hydrogen-bond donors (Lipinski definition) is 0. The number of carbonyl (C=O) groups is 1. The van der Waals surface area contributed by atoms with Gasteiger partial charge in [-0.05, 0) is 16.4 Å². The Morgan fingerprint density at radius 1 is 1.14 bits per heavy atom. The predicted octanol–water partition coefficient (Wildman–Crippen LogP) is -0.171. The van der Waals surface area contributed by atoms with Crippen LogP contribution in [-0.4, -0.2) is 16.1 Å². The van der Waals surface area contributed by atoms with Crippen molar-refractivity contribution in [2.45, 2.75) is 5.92 Å². The summed E-state index contributed by atoms with van der Waals surface area (Å²) in [6.45, 7) is 0. The monoisotopic (exact) mass is 287 g/mol. The molecule has 0 bridgehead atoms. The van der Waals surface area contributed by atoms with Crippen LogP contribution in [0.15, 0.2) is 53.2 Å². The molecule has 5 nitrogen and oxygen atoms in total. The van der Waals surface area contributed by atoms with E-state index in [9.17, 15) is 10.1 Å². The molecule has 1 unspecified atom stereocenters. The van der Waals surface area contributed by atoms with E-state index < -0.39 is 5.92 Å². The summed E-state index contributed by atoms with van der Waals surface area (Å²) in [6.07, 6.45) is 0. The van der Waals surface area contributed by atoms with E-state index in [1.54, 1.807) is 42.5 Å². The number of benzene rings is 2. The molecule has 0 amide bonds. The SMILES string of the molecule is N#CC(C(=O)c1ccccc1)c1cccc2nonc12.[H-].[Na+]. The van der Waals surface area contributed by atoms with Crippen molar-refractivity contribution in [3.63, 3.8) is 0 Å². The topological polar surface area (TPSA) is 79.8 Å². The molecule has 3 aromatic rings. The van der Waals surface area contributed by atoms with E-state index in [1.807, 2.05) is 12.1 Å². The van der Waals surface area contributed by atoms with Gasteiger partial charge in [-0.15, -0.1) is 0 Å². The van der Waals surface area contributed by atoms with Crippen LogP contribution in [0.3, 0.4) is 0 Å². The van der Waals surface area contributed by atoms with Crippen LogP contribution in [-0.2, 0) is 0 Å². The Hall–Kier alpha value is -2.00. The van der Waals surface area contributed by atoms with Gasteiger partial charge in [0.15, 0.2) is 5.78 Å². The van der Waals surface area contributed by atoms with Crippen LogP contribution in [0.1, 0.15) is 23.3 Å². The second kappa shape index (κ2) is 6.64. The predicted molar refractivity (Wildman–Crippen MR) is 72.0 cm³/mol. The first-order valence-corrected chi connectivity index (χ1v) is 6.01. The Morgan fingerprint density at radius 3 is 2.62 bits per heavy atom. The fraction of sp³-hybridized carbons (Fsp3) is 0.0667. The molecule has 1 heterocycles. The summed E-state index contributed by atoms with van der Waals surface area (Å²) in [5.41, 5.74) is 1.99. The van der Waals surface area contributed by atoms with Crippen molar-refractivity contribution in [1.29, 1.82) is 5.26 Å². The molecule has 3 rings (SSSR count). The average molecular weight is 287 g/mol. The molecular weight excluding hydrogens is 277 g/mol. The molecule has 0 spiro atoms. The van der Waals surface area contributed by atoms with Gasteiger partial charge in [0.2, 0.25) is 0 Å². The summed E-state index contributed by atoms with van der Waals surface area (Å²) in [4.78, 5) is 12.4. The minimum absolute atomic E-state index is 0. The second-order valence-corrected chi connectivity index (χ2v) is 4.27. The molecule has 6 heteroatoms. The minimum atomic E-state index is -0.923. The Balaban J connectivity index is 0.00000121. The number of ketones is 1. The van der Waals surface area contributed by atoms with Crippen molar-refractivity contribution in [1.82, 2.24) is 10.3 Å². The van der Waals surface area contributed by atoms with Crippen LogP contribution in [0.2, 0.25) is 0 Å². The molecule has 98 valence electrons. The van der Waals surface area contributed by atoms with Crippen LogP contribution in [0.5, 0.6) is 0 Å². The normalized spacial score (nSPS) is 11.4. The van der Waals surface area contributed by atoms with Gasteiger partial charge in [-0.3, -0.25) is 4.79 Å². The summed E-state index contributed by atoms with van der Waals surface area (Å²) in [5.74, 6) is -1.18. The van der Waals surface area contributed by atoms with Gasteiger partial charge in [0.25, 0.3) is 0 Å². The number of aromatic nitrogens is 2. The summed E-state index contributed by atoms with van der Waals surface area (Å²) in [6, 6.07) is 15.9. The largest absolute Gasteiger partial charge is 1.00 e. The standard InChI is InChI=1S/C15H9N3O2.Na.H/c16-9-12(15(19)10-5-2-1-3-6-10)11-7-4-8-13-14(11)18-20-17-13;;/h1-8,12H;;/q;+1;-1. The van der Waals surface area contributed by atoms with E-state index in [-0.39, 0.29) is 36.8 Å². The molecule has 0 radical (unpaired) electrons. The third-order valence-electron chi connectivity index (χ3n) is 3.08. The molecule has 1 atom stereocenters. The molecule has 2 aromatic carbocycles. The molecule has 0 aliphatic rings. The number of nitrogens with zero attached hydrogens (tertiary/aromatic N) is 3. The van der Waals surface area contributed by atoms with Crippen molar-refractivity contribution >= 4 is 16.8 Å². The Bertz CT molecular complexity index is 814. The zero-order chi connectivity index (χ0) is 13.9. The number of carbonyl (C=O) groups excluding carboxylic acids is 1. The fourth-order valence-electron chi connectivity index (χ4n) is 2.10. The average Bonchev–Trinajstić information content (AvgIpc) is 2.98. The smallest absolute Gasteiger partial charge is 1.00 e. The van der Waals surface area contributed by atoms with Gasteiger partial charge in [-0.1, -0.05) is 42.5 Å². The molecule has 0 saturated heterocycles. The number of rotatable bonds is 3. The Morgan fingerprint density at radius 2 is 1.90 bits per heavy atom. The van der Waals surface area contributed by atoms with Crippen LogP contribution in [0.25, 0.3) is 11.0 Å². The van der Waals surface area contributed by atoms with Crippen molar-refractivity contribution in [2.75, 3.05) is 0 Å². The van der Waals surface area contributed by atoms with Crippen molar-refractivity contribution in [3.8, 4) is 6.07 Å². The molecule has 0 aliphatic heterocycles. The van der Waals surface area contributed by atoms with Crippen LogP contribution in [0, 0.1) is 11.3 Å². The van der Waals surface area contributed by atoms with E-state index in [1.165, 1.54) is 0 Å². The molecule has 1 aromatic heterocycles. The van der Waals surface area contributed by atoms with E-state index >= 15 is 0 Å². The van der Waals surface area contributed by atoms with E-state index in [4.69, 9.17) is 0 Å². The first-order chi connectivity index (χ1) is 9.81. The quantitative estimate of drug-likeness (QED) is 0.493. The summed E-state index contributed by atoms with van der Waals surface area (Å²) >= 11 is 0. The molecule has 0 fully saturated rings. The summed E-state index contributed by atoms with van der Waals surface area (Å²) in [5, 5.41) is 16.9. The van der Waals surface area contributed by atoms with Gasteiger partial charge in [0.1, 0.15) is 17.0 Å². The number of hydrogen-bond acceptors (Lipinski definition) is 5. The summed E-state index contributed by atoms with van der Waals surface area (Å²) in [7, 11) is 0. The number of Topliss-reactive ketones (excluding diaryl/α,β-unsaturated/α-hetero) is 1. The van der Waals surface area contributed by atoms with Crippen LogP contribution >= 0.6 is 0 Å². The van der Waals surface area contributed by atoms with E-state index in [0.717, 1.165) is 0 Å². The maximum atomic E-state index is 12.4. The van der Waals surface area contributed by atoms with Crippen LogP contribution in [0.4, 0.5) is 0 Å².